The van der Waals surface area contributed by atoms with Gasteiger partial charge in [0.1, 0.15) is 0 Å². The van der Waals surface area contributed by atoms with Crippen LogP contribution in [0.3, 0.4) is 0 Å². The molecule has 0 amide bonds. The first-order chi connectivity index (χ1) is 16.1. The van der Waals surface area contributed by atoms with Crippen molar-refractivity contribution < 1.29 is 17.9 Å². The predicted octanol–water partition coefficient (Wildman–Crippen LogP) is 7.18. The first-order valence-corrected chi connectivity index (χ1v) is 19.7. The number of halogens is 2. The third-order valence-electron chi connectivity index (χ3n) is 6.93. The van der Waals surface area contributed by atoms with Crippen molar-refractivity contribution >= 4 is 29.2 Å². The Kier molecular flexibility index (Phi) is 5.07. The van der Waals surface area contributed by atoms with Crippen molar-refractivity contribution in [2.24, 2.45) is 0 Å². The Labute approximate surface area is 205 Å². The molecule has 0 radical (unpaired) electrons. The molecule has 2 aromatic heterocycles. The number of hydrogen-bond donors (Lipinski definition) is 0. The molecule has 2 heterocycles. The van der Waals surface area contributed by atoms with Gasteiger partial charge in [-0.25, -0.2) is 0 Å². The minimum atomic E-state index is -4.53. The van der Waals surface area contributed by atoms with E-state index in [4.69, 9.17) is 27.0 Å². The maximum atomic E-state index is 7.98. The first kappa shape index (κ1) is 21.2. The average Bonchev–Trinajstić information content (AvgIpc) is 3.46. The van der Waals surface area contributed by atoms with Crippen LogP contribution in [-0.2, 0) is 24.1 Å². The molecular formula is C28H20Cl2N2Zr. The van der Waals surface area contributed by atoms with Crippen molar-refractivity contribution in [1.82, 2.24) is 9.97 Å². The van der Waals surface area contributed by atoms with E-state index >= 15 is 0 Å². The third-order valence-corrected chi connectivity index (χ3v) is 22.3. The summed E-state index contributed by atoms with van der Waals surface area (Å²) in [5.74, 6) is 0. The van der Waals surface area contributed by atoms with Crippen LogP contribution >= 0.6 is 17.0 Å². The molecule has 0 aliphatic heterocycles. The number of fused-ring (bicyclic) bond motifs is 2. The van der Waals surface area contributed by atoms with Gasteiger partial charge in [-0.05, 0) is 0 Å². The van der Waals surface area contributed by atoms with Gasteiger partial charge in [-0.2, -0.15) is 0 Å². The van der Waals surface area contributed by atoms with Crippen LogP contribution in [0.4, 0.5) is 0 Å². The van der Waals surface area contributed by atoms with E-state index in [0.717, 1.165) is 33.6 Å². The van der Waals surface area contributed by atoms with Crippen LogP contribution in [0.15, 0.2) is 109 Å². The van der Waals surface area contributed by atoms with Gasteiger partial charge in [-0.1, -0.05) is 0 Å². The number of aromatic nitrogens is 2. The molecule has 2 unspecified atom stereocenters. The van der Waals surface area contributed by atoms with Crippen molar-refractivity contribution in [3.05, 3.63) is 143 Å². The molecule has 0 fully saturated rings. The maximum absolute atomic E-state index is 7.98. The van der Waals surface area contributed by atoms with Crippen LogP contribution in [0.1, 0.15) is 33.6 Å². The normalized spacial score (nSPS) is 22.8. The number of benzene rings is 2. The molecule has 160 valence electrons. The summed E-state index contributed by atoms with van der Waals surface area (Å²) in [7, 11) is 16.0. The molecule has 33 heavy (non-hydrogen) atoms. The second kappa shape index (κ2) is 7.88. The summed E-state index contributed by atoms with van der Waals surface area (Å²) in [4.78, 5) is 9.68. The zero-order valence-corrected chi connectivity index (χ0v) is 21.7. The summed E-state index contributed by atoms with van der Waals surface area (Å²) < 4.78 is -1.40. The summed E-state index contributed by atoms with van der Waals surface area (Å²) in [6.07, 6.45) is 12.4. The van der Waals surface area contributed by atoms with E-state index in [1.165, 1.54) is 0 Å². The number of hydrogen-bond acceptors (Lipinski definition) is 2. The Morgan fingerprint density at radius 3 is 1.39 bits per heavy atom. The predicted molar refractivity (Wildman–Crippen MR) is 133 cm³/mol. The molecule has 2 aliphatic rings. The number of rotatable bonds is 4. The number of allylic oxidation sites excluding steroid dienone is 2. The van der Waals surface area contributed by atoms with Gasteiger partial charge in [0.25, 0.3) is 0 Å². The molecule has 0 saturated heterocycles. The van der Waals surface area contributed by atoms with Gasteiger partial charge in [0.05, 0.1) is 0 Å². The molecule has 0 spiro atoms. The summed E-state index contributed by atoms with van der Waals surface area (Å²) in [6, 6.07) is 28.8. The van der Waals surface area contributed by atoms with Crippen molar-refractivity contribution in [2.45, 2.75) is 6.25 Å². The van der Waals surface area contributed by atoms with E-state index in [9.17, 15) is 0 Å². The van der Waals surface area contributed by atoms with E-state index in [0.29, 0.717) is 0 Å². The van der Waals surface area contributed by atoms with Crippen LogP contribution < -0.4 is 0 Å². The number of pyridine rings is 2. The van der Waals surface area contributed by atoms with E-state index in [1.54, 1.807) is 0 Å². The van der Waals surface area contributed by atoms with Gasteiger partial charge >= 0.3 is 206 Å². The Morgan fingerprint density at radius 1 is 0.545 bits per heavy atom. The van der Waals surface area contributed by atoms with Crippen molar-refractivity contribution in [2.75, 3.05) is 0 Å². The fourth-order valence-electron chi connectivity index (χ4n) is 5.43. The molecule has 0 saturated carbocycles. The molecule has 4 aromatic rings. The van der Waals surface area contributed by atoms with Crippen LogP contribution in [0.5, 0.6) is 0 Å². The molecule has 0 N–H and O–H groups in total. The molecule has 0 bridgehead atoms. The Bertz CT molecular complexity index is 1290. The van der Waals surface area contributed by atoms with Gasteiger partial charge in [0.15, 0.2) is 0 Å². The molecule has 2 nitrogen and oxygen atoms in total. The van der Waals surface area contributed by atoms with E-state index in [2.05, 4.69) is 85.0 Å². The zero-order valence-electron chi connectivity index (χ0n) is 17.7. The van der Waals surface area contributed by atoms with Gasteiger partial charge in [0, 0.05) is 0 Å². The fraction of sp³-hybridized carbons (Fsp3) is 0.0714. The van der Waals surface area contributed by atoms with Gasteiger partial charge in [-0.15, -0.1) is 0 Å². The van der Waals surface area contributed by atoms with Crippen LogP contribution in [0, 0.1) is 0 Å². The zero-order chi connectivity index (χ0) is 22.5. The summed E-state index contributed by atoms with van der Waals surface area (Å²) >= 11 is -4.53. The average molecular weight is 547 g/mol. The number of nitrogens with zero attached hydrogens (tertiary/aromatic N) is 2. The molecule has 2 atom stereocenters. The standard InChI is InChI=1S/2C14H10N.2ClH.Zr/c2*1-2-6-12-11(5-1)8-9-13(12)14-7-3-4-10-15-14;;;/h2*1-10H;2*1H;/q;;;;+2/p-2. The quantitative estimate of drug-likeness (QED) is 0.271. The third kappa shape index (κ3) is 2.83. The molecule has 2 aliphatic carbocycles. The fourth-order valence-corrected chi connectivity index (χ4v) is 19.7. The Morgan fingerprint density at radius 2 is 0.970 bits per heavy atom. The molecule has 2 aromatic carbocycles. The van der Waals surface area contributed by atoms with Gasteiger partial charge in [-0.3, -0.25) is 0 Å². The van der Waals surface area contributed by atoms with E-state index < -0.39 is 24.1 Å². The van der Waals surface area contributed by atoms with E-state index in [-0.39, 0.29) is 0 Å². The first-order valence-electron chi connectivity index (χ1n) is 10.9. The molecule has 6 rings (SSSR count). The Balaban J connectivity index is 1.72. The van der Waals surface area contributed by atoms with Crippen LogP contribution in [0.2, 0.25) is 0 Å². The monoisotopic (exact) mass is 544 g/mol. The van der Waals surface area contributed by atoms with Crippen molar-refractivity contribution in [3.8, 4) is 0 Å². The second-order valence-electron chi connectivity index (χ2n) is 8.46. The topological polar surface area (TPSA) is 25.8 Å². The Hall–Kier alpha value is -2.32. The summed E-state index contributed by atoms with van der Waals surface area (Å²) in [5, 5.41) is 0. The molecular weight excluding hydrogens is 526 g/mol. The van der Waals surface area contributed by atoms with Crippen LogP contribution in [0.25, 0.3) is 12.2 Å². The molecule has 5 heteroatoms. The van der Waals surface area contributed by atoms with Crippen LogP contribution in [-0.4, -0.2) is 9.97 Å². The van der Waals surface area contributed by atoms with Crippen molar-refractivity contribution in [1.29, 1.82) is 0 Å². The van der Waals surface area contributed by atoms with Gasteiger partial charge in [0.2, 0.25) is 0 Å². The van der Waals surface area contributed by atoms with Gasteiger partial charge < -0.3 is 0 Å². The van der Waals surface area contributed by atoms with E-state index in [1.807, 2.05) is 36.7 Å². The SMILES string of the molecule is [Cl][Zr]([Cl])([C]1(c2ccccn2)C=Cc2ccccc21)[C]1(c2ccccn2)C=Cc2ccccc21. The second-order valence-corrected chi connectivity index (χ2v) is 23.0. The summed E-state index contributed by atoms with van der Waals surface area (Å²) in [5.41, 5.74) is 6.30. The summed E-state index contributed by atoms with van der Waals surface area (Å²) in [6.45, 7) is 0. The minimum absolute atomic E-state index is 0.699. The van der Waals surface area contributed by atoms with Crippen molar-refractivity contribution in [3.63, 3.8) is 0 Å².